The van der Waals surface area contributed by atoms with Gasteiger partial charge in [-0.3, -0.25) is 14.9 Å². The Labute approximate surface area is 188 Å². The molecule has 1 unspecified atom stereocenters. The lowest BCUT2D eigenvalue weighted by molar-refractivity contribution is -0.385. The van der Waals surface area contributed by atoms with E-state index >= 15 is 0 Å². The number of hydrogen-bond donors (Lipinski definition) is 0. The molecule has 0 saturated heterocycles. The van der Waals surface area contributed by atoms with Crippen LogP contribution in [0.2, 0.25) is 0 Å². The maximum atomic E-state index is 13.5. The van der Waals surface area contributed by atoms with E-state index in [0.29, 0.717) is 22.4 Å². The fourth-order valence-electron chi connectivity index (χ4n) is 4.13. The summed E-state index contributed by atoms with van der Waals surface area (Å²) in [5.41, 5.74) is -0.111. The molecule has 3 aromatic rings. The molecule has 0 fully saturated rings. The van der Waals surface area contributed by atoms with Crippen LogP contribution in [-0.4, -0.2) is 28.8 Å². The quantitative estimate of drug-likeness (QED) is 0.450. The predicted molar refractivity (Wildman–Crippen MR) is 117 cm³/mol. The first-order valence-electron chi connectivity index (χ1n) is 10.0. The van der Waals surface area contributed by atoms with Crippen molar-refractivity contribution in [2.45, 2.75) is 12.0 Å². The molecule has 2 heterocycles. The number of nitro benzene ring substituents is 1. The van der Waals surface area contributed by atoms with Crippen molar-refractivity contribution in [2.75, 3.05) is 6.79 Å². The third-order valence-electron chi connectivity index (χ3n) is 5.70. The van der Waals surface area contributed by atoms with E-state index in [9.17, 15) is 20.2 Å². The molecule has 0 radical (unpaired) electrons. The Morgan fingerprint density at radius 1 is 1.12 bits per heavy atom. The number of nitriles is 1. The van der Waals surface area contributed by atoms with Crippen molar-refractivity contribution in [1.29, 1.82) is 5.26 Å². The van der Waals surface area contributed by atoms with E-state index in [2.05, 4.69) is 11.2 Å². The number of nitrogens with zero attached hydrogens (tertiary/aromatic N) is 4. The van der Waals surface area contributed by atoms with E-state index in [0.717, 1.165) is 5.01 Å². The lowest BCUT2D eigenvalue weighted by Crippen LogP contribution is -2.49. The number of benzene rings is 3. The van der Waals surface area contributed by atoms with Gasteiger partial charge in [-0.05, 0) is 18.2 Å². The molecule has 0 aromatic heterocycles. The molecule has 0 saturated carbocycles. The first-order valence-corrected chi connectivity index (χ1v) is 10.0. The highest BCUT2D eigenvalue weighted by Crippen LogP contribution is 2.43. The summed E-state index contributed by atoms with van der Waals surface area (Å²) in [5, 5.41) is 27.8. The Hall–Kier alpha value is -4.71. The smallest absolute Gasteiger partial charge is 0.276 e. The third kappa shape index (κ3) is 3.25. The zero-order valence-corrected chi connectivity index (χ0v) is 17.2. The van der Waals surface area contributed by atoms with Gasteiger partial charge in [0.1, 0.15) is 0 Å². The second-order valence-corrected chi connectivity index (χ2v) is 7.55. The predicted octanol–water partition coefficient (Wildman–Crippen LogP) is 3.77. The van der Waals surface area contributed by atoms with Crippen LogP contribution in [0.25, 0.3) is 0 Å². The molecule has 33 heavy (non-hydrogen) atoms. The number of rotatable bonds is 4. The van der Waals surface area contributed by atoms with Gasteiger partial charge in [0.25, 0.3) is 11.6 Å². The molecular weight excluding hydrogens is 424 g/mol. The molecule has 2 aliphatic heterocycles. The van der Waals surface area contributed by atoms with E-state index in [-0.39, 0.29) is 30.2 Å². The SMILES string of the molecule is N#CC1(Cc2cc3c(cc2[N+](=O)[O-])OCO3)c2ccccc2C=NN1C(=O)c1ccccc1. The molecule has 0 N–H and O–H groups in total. The van der Waals surface area contributed by atoms with Gasteiger partial charge < -0.3 is 9.47 Å². The molecule has 0 bridgehead atoms. The van der Waals surface area contributed by atoms with Crippen LogP contribution in [0.3, 0.4) is 0 Å². The van der Waals surface area contributed by atoms with Crippen molar-refractivity contribution in [3.05, 3.63) is 99.1 Å². The lowest BCUT2D eigenvalue weighted by atomic mass is 9.80. The fourth-order valence-corrected chi connectivity index (χ4v) is 4.13. The van der Waals surface area contributed by atoms with Crippen LogP contribution in [0.5, 0.6) is 11.5 Å². The summed E-state index contributed by atoms with van der Waals surface area (Å²) in [6.45, 7) is -0.0505. The minimum absolute atomic E-state index is 0.0505. The van der Waals surface area contributed by atoms with Gasteiger partial charge >= 0.3 is 0 Å². The monoisotopic (exact) mass is 440 g/mol. The van der Waals surface area contributed by atoms with E-state index in [1.165, 1.54) is 18.3 Å². The minimum Gasteiger partial charge on any atom is -0.454 e. The van der Waals surface area contributed by atoms with E-state index in [1.54, 1.807) is 54.6 Å². The number of hydrogen-bond acceptors (Lipinski definition) is 7. The van der Waals surface area contributed by atoms with Gasteiger partial charge in [0.15, 0.2) is 17.0 Å². The molecule has 2 aliphatic rings. The molecule has 9 nitrogen and oxygen atoms in total. The Morgan fingerprint density at radius 3 is 2.55 bits per heavy atom. The maximum absolute atomic E-state index is 13.5. The van der Waals surface area contributed by atoms with Gasteiger partial charge in [-0.1, -0.05) is 42.5 Å². The van der Waals surface area contributed by atoms with Gasteiger partial charge in [0.2, 0.25) is 6.79 Å². The number of carbonyl (C=O) groups excluding carboxylic acids is 1. The summed E-state index contributed by atoms with van der Waals surface area (Å²) in [4.78, 5) is 24.8. The van der Waals surface area contributed by atoms with Crippen molar-refractivity contribution in [2.24, 2.45) is 5.10 Å². The summed E-state index contributed by atoms with van der Waals surface area (Å²) in [6.07, 6.45) is 1.34. The summed E-state index contributed by atoms with van der Waals surface area (Å²) in [6, 6.07) is 20.5. The van der Waals surface area contributed by atoms with Crippen molar-refractivity contribution < 1.29 is 19.2 Å². The highest BCUT2D eigenvalue weighted by atomic mass is 16.7. The summed E-state index contributed by atoms with van der Waals surface area (Å²) >= 11 is 0. The topological polar surface area (TPSA) is 118 Å². The van der Waals surface area contributed by atoms with Gasteiger partial charge in [-0.25, -0.2) is 5.01 Å². The molecule has 1 amide bonds. The Balaban J connectivity index is 1.69. The lowest BCUT2D eigenvalue weighted by Gasteiger charge is -2.38. The van der Waals surface area contributed by atoms with Crippen molar-refractivity contribution in [3.8, 4) is 17.6 Å². The molecule has 9 heteroatoms. The largest absolute Gasteiger partial charge is 0.454 e. The zero-order valence-electron chi connectivity index (χ0n) is 17.2. The van der Waals surface area contributed by atoms with Crippen LogP contribution in [-0.2, 0) is 12.0 Å². The van der Waals surface area contributed by atoms with Crippen LogP contribution in [0, 0.1) is 21.4 Å². The standard InChI is InChI=1S/C24H16N4O5/c25-14-24(12-18-10-21-22(33-15-32-21)11-20(18)28(30)31)19-9-5-4-8-17(19)13-26-27(24)23(29)16-6-2-1-3-7-16/h1-11,13H,12,15H2. The van der Waals surface area contributed by atoms with Gasteiger partial charge in [-0.2, -0.15) is 10.4 Å². The Kier molecular flexibility index (Phi) is 4.75. The second-order valence-electron chi connectivity index (χ2n) is 7.55. The van der Waals surface area contributed by atoms with Gasteiger partial charge in [0, 0.05) is 28.7 Å². The molecule has 3 aromatic carbocycles. The first kappa shape index (κ1) is 20.2. The number of carbonyl (C=O) groups is 1. The Morgan fingerprint density at radius 2 is 1.82 bits per heavy atom. The van der Waals surface area contributed by atoms with E-state index in [4.69, 9.17) is 9.47 Å². The zero-order chi connectivity index (χ0) is 23.0. The number of fused-ring (bicyclic) bond motifs is 2. The van der Waals surface area contributed by atoms with Crippen LogP contribution >= 0.6 is 0 Å². The summed E-state index contributed by atoms with van der Waals surface area (Å²) in [7, 11) is 0. The number of hydrazone groups is 1. The van der Waals surface area contributed by atoms with Crippen LogP contribution in [0.1, 0.15) is 27.0 Å². The molecule has 0 spiro atoms. The highest BCUT2D eigenvalue weighted by Gasteiger charge is 2.47. The minimum atomic E-state index is -1.63. The molecule has 162 valence electrons. The molecular formula is C24H16N4O5. The second kappa shape index (κ2) is 7.76. The Bertz CT molecular complexity index is 1350. The van der Waals surface area contributed by atoms with Crippen LogP contribution in [0.4, 0.5) is 5.69 Å². The van der Waals surface area contributed by atoms with Gasteiger partial charge in [0.05, 0.1) is 23.3 Å². The molecule has 0 aliphatic carbocycles. The first-order chi connectivity index (χ1) is 16.0. The van der Waals surface area contributed by atoms with Crippen molar-refractivity contribution in [1.82, 2.24) is 5.01 Å². The summed E-state index contributed by atoms with van der Waals surface area (Å²) < 4.78 is 10.7. The number of nitro groups is 1. The fraction of sp³-hybridized carbons (Fsp3) is 0.125. The normalized spacial score (nSPS) is 17.8. The van der Waals surface area contributed by atoms with Gasteiger partial charge in [-0.15, -0.1) is 0 Å². The van der Waals surface area contributed by atoms with E-state index < -0.39 is 16.4 Å². The van der Waals surface area contributed by atoms with Crippen molar-refractivity contribution in [3.63, 3.8) is 0 Å². The molecule has 1 atom stereocenters. The summed E-state index contributed by atoms with van der Waals surface area (Å²) in [5.74, 6) is 0.110. The third-order valence-corrected chi connectivity index (χ3v) is 5.70. The average molecular weight is 440 g/mol. The molecule has 5 rings (SSSR count). The van der Waals surface area contributed by atoms with Crippen molar-refractivity contribution >= 4 is 17.8 Å². The van der Waals surface area contributed by atoms with Crippen LogP contribution in [0.15, 0.2) is 71.8 Å². The van der Waals surface area contributed by atoms with Crippen LogP contribution < -0.4 is 9.47 Å². The number of amides is 1. The number of ether oxygens (including phenoxy) is 2. The highest BCUT2D eigenvalue weighted by molar-refractivity contribution is 5.97. The average Bonchev–Trinajstić information content (AvgIpc) is 3.31. The maximum Gasteiger partial charge on any atom is 0.276 e. The van der Waals surface area contributed by atoms with E-state index in [1.807, 2.05) is 0 Å².